The molecule has 0 atom stereocenters. The lowest BCUT2D eigenvalue weighted by Crippen LogP contribution is -2.11. The Morgan fingerprint density at radius 3 is 2.50 bits per heavy atom. The van der Waals surface area contributed by atoms with Crippen molar-refractivity contribution in [2.75, 3.05) is 5.32 Å². The molecule has 3 aromatic heterocycles. The summed E-state index contributed by atoms with van der Waals surface area (Å²) in [5.74, 6) is -0.155. The van der Waals surface area contributed by atoms with Gasteiger partial charge in [-0.15, -0.1) is 0 Å². The van der Waals surface area contributed by atoms with Gasteiger partial charge in [0.05, 0.1) is 5.69 Å². The summed E-state index contributed by atoms with van der Waals surface area (Å²) in [7, 11) is 0. The number of hydrogen-bond donors (Lipinski definition) is 1. The molecule has 24 heavy (non-hydrogen) atoms. The molecular weight excluding hydrogens is 300 g/mol. The van der Waals surface area contributed by atoms with Gasteiger partial charge in [0.2, 0.25) is 0 Å². The van der Waals surface area contributed by atoms with Crippen LogP contribution in [-0.2, 0) is 0 Å². The SMILES string of the molecule is O=C(Nc1ccc(-c2cn3ccccc3n2)cc1)c1ccncc1. The molecule has 4 aromatic rings. The van der Waals surface area contributed by atoms with Crippen molar-refractivity contribution in [2.24, 2.45) is 0 Å². The van der Waals surface area contributed by atoms with E-state index in [9.17, 15) is 4.79 Å². The highest BCUT2D eigenvalue weighted by Gasteiger charge is 2.07. The molecule has 5 nitrogen and oxygen atoms in total. The Labute approximate surface area is 138 Å². The number of anilines is 1. The van der Waals surface area contributed by atoms with E-state index in [1.165, 1.54) is 0 Å². The molecule has 4 rings (SSSR count). The molecule has 3 heterocycles. The molecule has 0 aliphatic carbocycles. The van der Waals surface area contributed by atoms with Gasteiger partial charge in [0.15, 0.2) is 0 Å². The van der Waals surface area contributed by atoms with Crippen molar-refractivity contribution in [2.45, 2.75) is 0 Å². The highest BCUT2D eigenvalue weighted by atomic mass is 16.1. The number of rotatable bonds is 3. The van der Waals surface area contributed by atoms with Crippen molar-refractivity contribution in [3.8, 4) is 11.3 Å². The highest BCUT2D eigenvalue weighted by molar-refractivity contribution is 6.04. The van der Waals surface area contributed by atoms with Gasteiger partial charge in [0.25, 0.3) is 5.91 Å². The third-order valence-corrected chi connectivity index (χ3v) is 3.75. The normalized spacial score (nSPS) is 10.7. The maximum Gasteiger partial charge on any atom is 0.255 e. The highest BCUT2D eigenvalue weighted by Crippen LogP contribution is 2.21. The molecular formula is C19H14N4O. The summed E-state index contributed by atoms with van der Waals surface area (Å²) in [6, 6.07) is 16.9. The van der Waals surface area contributed by atoms with Crippen LogP contribution >= 0.6 is 0 Å². The van der Waals surface area contributed by atoms with Crippen LogP contribution in [0.4, 0.5) is 5.69 Å². The van der Waals surface area contributed by atoms with Gasteiger partial charge < -0.3 is 9.72 Å². The van der Waals surface area contributed by atoms with Gasteiger partial charge in [-0.1, -0.05) is 18.2 Å². The summed E-state index contributed by atoms with van der Waals surface area (Å²) in [4.78, 5) is 20.6. The van der Waals surface area contributed by atoms with Crippen molar-refractivity contribution in [1.29, 1.82) is 0 Å². The fourth-order valence-corrected chi connectivity index (χ4v) is 2.50. The zero-order valence-electron chi connectivity index (χ0n) is 12.8. The monoisotopic (exact) mass is 314 g/mol. The number of amides is 1. The summed E-state index contributed by atoms with van der Waals surface area (Å²) in [6.07, 6.45) is 7.15. The lowest BCUT2D eigenvalue weighted by molar-refractivity contribution is 0.102. The summed E-state index contributed by atoms with van der Waals surface area (Å²) >= 11 is 0. The van der Waals surface area contributed by atoms with E-state index >= 15 is 0 Å². The molecule has 1 amide bonds. The van der Waals surface area contributed by atoms with E-state index in [0.29, 0.717) is 5.56 Å². The summed E-state index contributed by atoms with van der Waals surface area (Å²) < 4.78 is 1.98. The number of benzene rings is 1. The van der Waals surface area contributed by atoms with Crippen molar-refractivity contribution in [3.05, 3.63) is 84.9 Å². The average Bonchev–Trinajstić information content (AvgIpc) is 3.07. The van der Waals surface area contributed by atoms with E-state index in [1.54, 1.807) is 24.5 Å². The largest absolute Gasteiger partial charge is 0.322 e. The number of hydrogen-bond acceptors (Lipinski definition) is 3. The molecule has 0 bridgehead atoms. The number of fused-ring (bicyclic) bond motifs is 1. The second-order valence-corrected chi connectivity index (χ2v) is 5.36. The Kier molecular flexibility index (Phi) is 3.51. The predicted molar refractivity (Wildman–Crippen MR) is 92.8 cm³/mol. The molecule has 1 aromatic carbocycles. The third-order valence-electron chi connectivity index (χ3n) is 3.75. The first-order chi connectivity index (χ1) is 11.8. The van der Waals surface area contributed by atoms with Crippen LogP contribution in [0.3, 0.4) is 0 Å². The molecule has 0 aliphatic rings. The summed E-state index contributed by atoms with van der Waals surface area (Å²) in [5, 5.41) is 2.87. The minimum atomic E-state index is -0.155. The smallest absolute Gasteiger partial charge is 0.255 e. The Balaban J connectivity index is 1.55. The van der Waals surface area contributed by atoms with Crippen LogP contribution in [0.2, 0.25) is 0 Å². The summed E-state index contributed by atoms with van der Waals surface area (Å²) in [5.41, 5.74) is 4.12. The fourth-order valence-electron chi connectivity index (χ4n) is 2.50. The molecule has 1 N–H and O–H groups in total. The molecule has 0 saturated carbocycles. The topological polar surface area (TPSA) is 59.3 Å². The van der Waals surface area contributed by atoms with Crippen molar-refractivity contribution in [1.82, 2.24) is 14.4 Å². The quantitative estimate of drug-likeness (QED) is 0.628. The molecule has 0 spiro atoms. The molecule has 0 radical (unpaired) electrons. The van der Waals surface area contributed by atoms with E-state index in [4.69, 9.17) is 0 Å². The molecule has 0 aliphatic heterocycles. The minimum Gasteiger partial charge on any atom is -0.322 e. The number of carbonyl (C=O) groups excluding carboxylic acids is 1. The van der Waals surface area contributed by atoms with Gasteiger partial charge >= 0.3 is 0 Å². The zero-order valence-corrected chi connectivity index (χ0v) is 12.8. The van der Waals surface area contributed by atoms with Crippen molar-refractivity contribution < 1.29 is 4.79 Å². The standard InChI is InChI=1S/C19H14N4O/c24-19(15-8-10-20-11-9-15)21-16-6-4-14(5-7-16)17-13-23-12-2-1-3-18(23)22-17/h1-13H,(H,21,24). The maximum absolute atomic E-state index is 12.1. The van der Waals surface area contributed by atoms with Crippen LogP contribution in [0.25, 0.3) is 16.9 Å². The minimum absolute atomic E-state index is 0.155. The number of nitrogens with one attached hydrogen (secondary N) is 1. The van der Waals surface area contributed by atoms with Gasteiger partial charge in [0.1, 0.15) is 5.65 Å². The third kappa shape index (κ3) is 2.75. The lowest BCUT2D eigenvalue weighted by atomic mass is 10.1. The molecule has 0 saturated heterocycles. The first kappa shape index (κ1) is 14.1. The van der Waals surface area contributed by atoms with Crippen LogP contribution in [0, 0.1) is 0 Å². The summed E-state index contributed by atoms with van der Waals surface area (Å²) in [6.45, 7) is 0. The van der Waals surface area contributed by atoms with E-state index in [0.717, 1.165) is 22.6 Å². The van der Waals surface area contributed by atoms with Crippen LogP contribution in [0.5, 0.6) is 0 Å². The number of aromatic nitrogens is 3. The van der Waals surface area contributed by atoms with Crippen molar-refractivity contribution >= 4 is 17.2 Å². The van der Waals surface area contributed by atoms with Crippen LogP contribution in [0.1, 0.15) is 10.4 Å². The first-order valence-electron chi connectivity index (χ1n) is 7.55. The van der Waals surface area contributed by atoms with E-state index < -0.39 is 0 Å². The predicted octanol–water partition coefficient (Wildman–Crippen LogP) is 3.65. The van der Waals surface area contributed by atoms with Gasteiger partial charge in [-0.25, -0.2) is 4.98 Å². The molecule has 116 valence electrons. The first-order valence-corrected chi connectivity index (χ1v) is 7.55. The molecule has 0 fully saturated rings. The molecule has 5 heteroatoms. The van der Waals surface area contributed by atoms with E-state index in [-0.39, 0.29) is 5.91 Å². The Morgan fingerprint density at radius 1 is 0.958 bits per heavy atom. The number of nitrogens with zero attached hydrogens (tertiary/aromatic N) is 3. The van der Waals surface area contributed by atoms with Gasteiger partial charge in [0, 0.05) is 41.6 Å². The van der Waals surface area contributed by atoms with E-state index in [1.807, 2.05) is 59.3 Å². The van der Waals surface area contributed by atoms with Crippen LogP contribution in [0.15, 0.2) is 79.4 Å². The second-order valence-electron chi connectivity index (χ2n) is 5.36. The van der Waals surface area contributed by atoms with E-state index in [2.05, 4.69) is 15.3 Å². The van der Waals surface area contributed by atoms with Crippen molar-refractivity contribution in [3.63, 3.8) is 0 Å². The Hall–Kier alpha value is -3.47. The Morgan fingerprint density at radius 2 is 1.75 bits per heavy atom. The average molecular weight is 314 g/mol. The maximum atomic E-state index is 12.1. The Bertz CT molecular complexity index is 958. The van der Waals surface area contributed by atoms with Crippen LogP contribution in [-0.4, -0.2) is 20.3 Å². The lowest BCUT2D eigenvalue weighted by Gasteiger charge is -2.05. The van der Waals surface area contributed by atoms with Gasteiger partial charge in [-0.05, 0) is 36.4 Å². The molecule has 0 unspecified atom stereocenters. The van der Waals surface area contributed by atoms with Crippen LogP contribution < -0.4 is 5.32 Å². The number of pyridine rings is 2. The number of carbonyl (C=O) groups is 1. The second kappa shape index (κ2) is 5.96. The number of imidazole rings is 1. The zero-order chi connectivity index (χ0) is 16.4. The van der Waals surface area contributed by atoms with Gasteiger partial charge in [-0.2, -0.15) is 0 Å². The van der Waals surface area contributed by atoms with Gasteiger partial charge in [-0.3, -0.25) is 9.78 Å². The fraction of sp³-hybridized carbons (Fsp3) is 0.